The highest BCUT2D eigenvalue weighted by Gasteiger charge is 2.14. The number of rotatable bonds is 5. The van der Waals surface area contributed by atoms with Gasteiger partial charge in [0, 0.05) is 0 Å². The Morgan fingerprint density at radius 3 is 2.36 bits per heavy atom. The minimum Gasteiger partial charge on any atom is -0.277 e. The van der Waals surface area contributed by atoms with Crippen molar-refractivity contribution in [3.63, 3.8) is 0 Å². The van der Waals surface area contributed by atoms with Crippen LogP contribution in [-0.4, -0.2) is 14.1 Å². The van der Waals surface area contributed by atoms with Crippen LogP contribution in [0.25, 0.3) is 0 Å². The molecular formula is C13H9N5O2S2. The van der Waals surface area contributed by atoms with Gasteiger partial charge in [-0.15, -0.1) is 11.3 Å². The summed E-state index contributed by atoms with van der Waals surface area (Å²) >= 11 is 1.28. The zero-order valence-corrected chi connectivity index (χ0v) is 12.6. The second kappa shape index (κ2) is 6.72. The summed E-state index contributed by atoms with van der Waals surface area (Å²) in [5.41, 5.74) is 2.63. The van der Waals surface area contributed by atoms with Crippen molar-refractivity contribution in [3.05, 3.63) is 41.8 Å². The molecule has 0 aliphatic carbocycles. The highest BCUT2D eigenvalue weighted by molar-refractivity contribution is 7.93. The maximum Gasteiger partial charge on any atom is 0.262 e. The molecule has 0 aliphatic heterocycles. The largest absolute Gasteiger partial charge is 0.277 e. The average Bonchev–Trinajstić information content (AvgIpc) is 3.01. The molecule has 0 saturated heterocycles. The van der Waals surface area contributed by atoms with Gasteiger partial charge in [-0.2, -0.15) is 15.6 Å². The molecule has 1 aromatic carbocycles. The molecule has 1 aromatic heterocycles. The molecular weight excluding hydrogens is 322 g/mol. The molecule has 2 aromatic rings. The summed E-state index contributed by atoms with van der Waals surface area (Å²) in [5.74, 6) is 0. The van der Waals surface area contributed by atoms with Crippen LogP contribution in [0.1, 0.15) is 0 Å². The second-order valence-electron chi connectivity index (χ2n) is 3.90. The molecule has 0 spiro atoms. The molecule has 0 bridgehead atoms. The standard InChI is InChI=1S/C13H9N5O2S2/c14-8-11(9-15)17-16-10-3-5-12(6-4-10)22(19,20)18-13-2-1-7-21-13/h1-7,16,18H. The normalized spacial score (nSPS) is 10.1. The summed E-state index contributed by atoms with van der Waals surface area (Å²) in [5, 5.41) is 23.0. The van der Waals surface area contributed by atoms with Crippen LogP contribution in [-0.2, 0) is 10.0 Å². The van der Waals surface area contributed by atoms with Crippen molar-refractivity contribution < 1.29 is 8.42 Å². The maximum absolute atomic E-state index is 12.1. The van der Waals surface area contributed by atoms with E-state index in [1.54, 1.807) is 29.7 Å². The monoisotopic (exact) mass is 331 g/mol. The van der Waals surface area contributed by atoms with E-state index in [0.717, 1.165) is 0 Å². The van der Waals surface area contributed by atoms with Gasteiger partial charge in [0.25, 0.3) is 10.0 Å². The Morgan fingerprint density at radius 1 is 1.14 bits per heavy atom. The van der Waals surface area contributed by atoms with E-state index in [1.807, 2.05) is 0 Å². The van der Waals surface area contributed by atoms with Crippen molar-refractivity contribution in [1.82, 2.24) is 0 Å². The van der Waals surface area contributed by atoms with Crippen LogP contribution < -0.4 is 10.1 Å². The van der Waals surface area contributed by atoms with Gasteiger partial charge in [0.15, 0.2) is 0 Å². The fraction of sp³-hybridized carbons (Fsp3) is 0. The molecule has 0 aliphatic rings. The fourth-order valence-electron chi connectivity index (χ4n) is 1.43. The topological polar surface area (TPSA) is 118 Å². The summed E-state index contributed by atoms with van der Waals surface area (Å²) in [4.78, 5) is 0.0937. The van der Waals surface area contributed by atoms with Crippen LogP contribution in [0.3, 0.4) is 0 Å². The van der Waals surface area contributed by atoms with E-state index in [9.17, 15) is 8.42 Å². The fourth-order valence-corrected chi connectivity index (χ4v) is 3.36. The number of nitrogens with zero attached hydrogens (tertiary/aromatic N) is 3. The van der Waals surface area contributed by atoms with E-state index >= 15 is 0 Å². The molecule has 0 amide bonds. The van der Waals surface area contributed by atoms with E-state index in [0.29, 0.717) is 10.7 Å². The molecule has 0 radical (unpaired) electrons. The van der Waals surface area contributed by atoms with Crippen molar-refractivity contribution in [2.24, 2.45) is 5.10 Å². The molecule has 9 heteroatoms. The number of benzene rings is 1. The van der Waals surface area contributed by atoms with Crippen LogP contribution in [0.15, 0.2) is 51.8 Å². The van der Waals surface area contributed by atoms with Crippen molar-refractivity contribution in [3.8, 4) is 12.1 Å². The Morgan fingerprint density at radius 2 is 1.82 bits per heavy atom. The number of nitriles is 2. The number of hydrogen-bond donors (Lipinski definition) is 2. The first-order valence-electron chi connectivity index (χ1n) is 5.85. The van der Waals surface area contributed by atoms with Crippen molar-refractivity contribution in [2.45, 2.75) is 4.90 Å². The van der Waals surface area contributed by atoms with E-state index in [1.165, 1.54) is 35.6 Å². The lowest BCUT2D eigenvalue weighted by molar-refractivity contribution is 0.601. The SMILES string of the molecule is N#CC(C#N)=NNc1ccc(S(=O)(=O)Nc2cccs2)cc1. The molecule has 0 unspecified atom stereocenters. The van der Waals surface area contributed by atoms with E-state index in [2.05, 4.69) is 15.2 Å². The molecule has 2 rings (SSSR count). The average molecular weight is 331 g/mol. The lowest BCUT2D eigenvalue weighted by atomic mass is 10.3. The van der Waals surface area contributed by atoms with Gasteiger partial charge in [-0.25, -0.2) is 8.42 Å². The Balaban J connectivity index is 2.14. The van der Waals surface area contributed by atoms with E-state index in [-0.39, 0.29) is 10.6 Å². The summed E-state index contributed by atoms with van der Waals surface area (Å²) < 4.78 is 26.7. The Hall–Kier alpha value is -2.88. The summed E-state index contributed by atoms with van der Waals surface area (Å²) in [6, 6.07) is 12.4. The minimum atomic E-state index is -3.65. The van der Waals surface area contributed by atoms with E-state index < -0.39 is 10.0 Å². The minimum absolute atomic E-state index is 0.0937. The first kappa shape index (κ1) is 15.5. The third-order valence-electron chi connectivity index (χ3n) is 2.43. The predicted molar refractivity (Wildman–Crippen MR) is 83.9 cm³/mol. The second-order valence-corrected chi connectivity index (χ2v) is 6.53. The molecule has 22 heavy (non-hydrogen) atoms. The zero-order valence-electron chi connectivity index (χ0n) is 11.0. The third kappa shape index (κ3) is 3.82. The number of sulfonamides is 1. The van der Waals surface area contributed by atoms with Gasteiger partial charge in [-0.05, 0) is 41.8 Å². The lowest BCUT2D eigenvalue weighted by Gasteiger charge is -2.06. The van der Waals surface area contributed by atoms with Gasteiger partial charge in [-0.3, -0.25) is 10.1 Å². The van der Waals surface area contributed by atoms with Gasteiger partial charge < -0.3 is 0 Å². The predicted octanol–water partition coefficient (Wildman–Crippen LogP) is 2.36. The van der Waals surface area contributed by atoms with E-state index in [4.69, 9.17) is 10.5 Å². The molecule has 1 heterocycles. The van der Waals surface area contributed by atoms with Gasteiger partial charge in [-0.1, -0.05) is 0 Å². The number of thiophene rings is 1. The van der Waals surface area contributed by atoms with Crippen LogP contribution in [0.2, 0.25) is 0 Å². The Bertz CT molecular complexity index is 841. The van der Waals surface area contributed by atoms with Crippen molar-refractivity contribution >= 4 is 37.8 Å². The van der Waals surface area contributed by atoms with Gasteiger partial charge in [0.2, 0.25) is 5.71 Å². The Kier molecular flexibility index (Phi) is 4.73. The van der Waals surface area contributed by atoms with Crippen molar-refractivity contribution in [2.75, 3.05) is 10.1 Å². The summed E-state index contributed by atoms with van der Waals surface area (Å²) in [6.07, 6.45) is 0. The van der Waals surface area contributed by atoms with Crippen LogP contribution in [0.5, 0.6) is 0 Å². The molecule has 0 atom stereocenters. The van der Waals surface area contributed by atoms with Crippen LogP contribution in [0, 0.1) is 22.7 Å². The van der Waals surface area contributed by atoms with Gasteiger partial charge >= 0.3 is 0 Å². The summed E-state index contributed by atoms with van der Waals surface area (Å²) in [6.45, 7) is 0. The molecule has 0 fully saturated rings. The van der Waals surface area contributed by atoms with Crippen LogP contribution in [0.4, 0.5) is 10.7 Å². The van der Waals surface area contributed by atoms with Gasteiger partial charge in [0.1, 0.15) is 17.1 Å². The van der Waals surface area contributed by atoms with Gasteiger partial charge in [0.05, 0.1) is 10.6 Å². The highest BCUT2D eigenvalue weighted by atomic mass is 32.2. The number of anilines is 2. The van der Waals surface area contributed by atoms with Crippen molar-refractivity contribution in [1.29, 1.82) is 10.5 Å². The number of hydrazone groups is 1. The quantitative estimate of drug-likeness (QED) is 0.644. The Labute approximate surface area is 131 Å². The molecule has 2 N–H and O–H groups in total. The molecule has 7 nitrogen and oxygen atoms in total. The molecule has 110 valence electrons. The first-order chi connectivity index (χ1) is 10.5. The highest BCUT2D eigenvalue weighted by Crippen LogP contribution is 2.21. The zero-order chi connectivity index (χ0) is 16.0. The first-order valence-corrected chi connectivity index (χ1v) is 8.22. The van der Waals surface area contributed by atoms with Crippen LogP contribution >= 0.6 is 11.3 Å². The number of hydrogen-bond acceptors (Lipinski definition) is 7. The third-order valence-corrected chi connectivity index (χ3v) is 4.73. The maximum atomic E-state index is 12.1. The molecule has 0 saturated carbocycles. The lowest BCUT2D eigenvalue weighted by Crippen LogP contribution is -2.11. The number of nitrogens with one attached hydrogen (secondary N) is 2. The summed E-state index contributed by atoms with van der Waals surface area (Å²) in [7, 11) is -3.65. The smallest absolute Gasteiger partial charge is 0.262 e.